The van der Waals surface area contributed by atoms with Gasteiger partial charge in [-0.2, -0.15) is 0 Å². The Balaban J connectivity index is 3.27. The smallest absolute Gasteiger partial charge is 0.258 e. The van der Waals surface area contributed by atoms with Crippen molar-refractivity contribution in [3.63, 3.8) is 0 Å². The van der Waals surface area contributed by atoms with E-state index in [1.807, 2.05) is 0 Å². The molecule has 0 saturated heterocycles. The Bertz CT molecular complexity index is 297. The minimum absolute atomic E-state index is 0.0162. The minimum Gasteiger partial charge on any atom is -0.258 e. The Morgan fingerprint density at radius 2 is 1.92 bits per heavy atom. The summed E-state index contributed by atoms with van der Waals surface area (Å²) in [7, 11) is 0. The molecule has 0 unspecified atom stereocenters. The molecule has 1 rings (SSSR count). The fourth-order valence-corrected chi connectivity index (χ4v) is 0.938. The SMILES string of the molecule is Cc1ncc(C(F)F)c(C)c1F. The van der Waals surface area contributed by atoms with E-state index < -0.39 is 12.2 Å². The summed E-state index contributed by atoms with van der Waals surface area (Å²) < 4.78 is 37.2. The molecule has 0 spiro atoms. The Labute approximate surface area is 68.2 Å². The van der Waals surface area contributed by atoms with Crippen LogP contribution in [0.25, 0.3) is 0 Å². The highest BCUT2D eigenvalue weighted by atomic mass is 19.3. The second kappa shape index (κ2) is 3.13. The van der Waals surface area contributed by atoms with Crippen LogP contribution in [0.4, 0.5) is 13.2 Å². The predicted octanol–water partition coefficient (Wildman–Crippen LogP) is 2.78. The van der Waals surface area contributed by atoms with E-state index >= 15 is 0 Å². The van der Waals surface area contributed by atoms with Gasteiger partial charge in [-0.05, 0) is 19.4 Å². The third-order valence-corrected chi connectivity index (χ3v) is 1.71. The second-order valence-corrected chi connectivity index (χ2v) is 2.54. The van der Waals surface area contributed by atoms with Crippen LogP contribution in [0.2, 0.25) is 0 Å². The topological polar surface area (TPSA) is 12.9 Å². The Hall–Kier alpha value is -1.06. The molecule has 0 fully saturated rings. The molecule has 0 N–H and O–H groups in total. The van der Waals surface area contributed by atoms with Gasteiger partial charge in [0.1, 0.15) is 5.82 Å². The van der Waals surface area contributed by atoms with Gasteiger partial charge in [0, 0.05) is 11.8 Å². The summed E-state index contributed by atoms with van der Waals surface area (Å²) >= 11 is 0. The van der Waals surface area contributed by atoms with Crippen LogP contribution in [0.3, 0.4) is 0 Å². The van der Waals surface area contributed by atoms with E-state index in [-0.39, 0.29) is 16.8 Å². The van der Waals surface area contributed by atoms with Crippen LogP contribution >= 0.6 is 0 Å². The lowest BCUT2D eigenvalue weighted by atomic mass is 10.1. The van der Waals surface area contributed by atoms with Crippen LogP contribution in [0.1, 0.15) is 23.2 Å². The molecule has 1 heterocycles. The highest BCUT2D eigenvalue weighted by Gasteiger charge is 2.15. The summed E-state index contributed by atoms with van der Waals surface area (Å²) in [5.41, 5.74) is -0.201. The predicted molar refractivity (Wildman–Crippen MR) is 38.6 cm³/mol. The van der Waals surface area contributed by atoms with Gasteiger partial charge in [0.2, 0.25) is 0 Å². The Morgan fingerprint density at radius 1 is 1.33 bits per heavy atom. The molecule has 0 radical (unpaired) electrons. The van der Waals surface area contributed by atoms with Crippen LogP contribution in [0, 0.1) is 19.7 Å². The number of hydrogen-bond donors (Lipinski definition) is 0. The zero-order chi connectivity index (χ0) is 9.30. The third-order valence-electron chi connectivity index (χ3n) is 1.71. The maximum atomic E-state index is 13.0. The van der Waals surface area contributed by atoms with Crippen molar-refractivity contribution in [1.29, 1.82) is 0 Å². The van der Waals surface area contributed by atoms with E-state index in [2.05, 4.69) is 4.98 Å². The molecule has 1 aromatic rings. The number of halogens is 3. The number of nitrogens with zero attached hydrogens (tertiary/aromatic N) is 1. The number of aromatic nitrogens is 1. The third kappa shape index (κ3) is 1.42. The van der Waals surface area contributed by atoms with Crippen molar-refractivity contribution in [2.75, 3.05) is 0 Å². The van der Waals surface area contributed by atoms with Crippen LogP contribution < -0.4 is 0 Å². The molecule has 0 aliphatic carbocycles. The summed E-state index contributed by atoms with van der Waals surface area (Å²) in [4.78, 5) is 3.51. The van der Waals surface area contributed by atoms with E-state index in [4.69, 9.17) is 0 Å². The number of hydrogen-bond acceptors (Lipinski definition) is 1. The van der Waals surface area contributed by atoms with E-state index in [0.717, 1.165) is 6.20 Å². The zero-order valence-electron chi connectivity index (χ0n) is 6.74. The molecular weight excluding hydrogens is 167 g/mol. The largest absolute Gasteiger partial charge is 0.265 e. The van der Waals surface area contributed by atoms with Gasteiger partial charge in [-0.15, -0.1) is 0 Å². The minimum atomic E-state index is -2.66. The average molecular weight is 175 g/mol. The highest BCUT2D eigenvalue weighted by molar-refractivity contribution is 5.27. The molecule has 0 aromatic carbocycles. The van der Waals surface area contributed by atoms with Crippen molar-refractivity contribution in [2.24, 2.45) is 0 Å². The van der Waals surface area contributed by atoms with Crippen molar-refractivity contribution < 1.29 is 13.2 Å². The fourth-order valence-electron chi connectivity index (χ4n) is 0.938. The highest BCUT2D eigenvalue weighted by Crippen LogP contribution is 2.24. The second-order valence-electron chi connectivity index (χ2n) is 2.54. The van der Waals surface area contributed by atoms with Crippen LogP contribution in [0.15, 0.2) is 6.20 Å². The van der Waals surface area contributed by atoms with Gasteiger partial charge in [-0.25, -0.2) is 13.2 Å². The Kier molecular flexibility index (Phi) is 2.35. The number of aryl methyl sites for hydroxylation is 1. The van der Waals surface area contributed by atoms with Crippen LogP contribution in [-0.2, 0) is 0 Å². The Morgan fingerprint density at radius 3 is 2.42 bits per heavy atom. The average Bonchev–Trinajstić information content (AvgIpc) is 2.00. The maximum Gasteiger partial charge on any atom is 0.265 e. The van der Waals surface area contributed by atoms with Gasteiger partial charge >= 0.3 is 0 Å². The summed E-state index contributed by atoms with van der Waals surface area (Å²) in [6.07, 6.45) is -1.65. The lowest BCUT2D eigenvalue weighted by Crippen LogP contribution is -1.98. The van der Waals surface area contributed by atoms with E-state index in [1.54, 1.807) is 0 Å². The van der Waals surface area contributed by atoms with Crippen molar-refractivity contribution in [2.45, 2.75) is 20.3 Å². The molecular formula is C8H8F3N. The summed E-state index contributed by atoms with van der Waals surface area (Å²) in [5.74, 6) is -0.646. The molecule has 0 atom stereocenters. The summed E-state index contributed by atoms with van der Waals surface area (Å²) in [5, 5.41) is 0. The van der Waals surface area contributed by atoms with Crippen molar-refractivity contribution in [3.8, 4) is 0 Å². The zero-order valence-corrected chi connectivity index (χ0v) is 6.74. The molecule has 12 heavy (non-hydrogen) atoms. The molecule has 0 amide bonds. The summed E-state index contributed by atoms with van der Waals surface area (Å²) in [6, 6.07) is 0. The first-order valence-corrected chi connectivity index (χ1v) is 3.43. The van der Waals surface area contributed by atoms with Gasteiger partial charge in [-0.1, -0.05) is 0 Å². The molecule has 4 heteroatoms. The number of alkyl halides is 2. The first-order valence-electron chi connectivity index (χ1n) is 3.43. The fraction of sp³-hybridized carbons (Fsp3) is 0.375. The first kappa shape index (κ1) is 9.03. The van der Waals surface area contributed by atoms with Gasteiger partial charge in [-0.3, -0.25) is 4.98 Å². The van der Waals surface area contributed by atoms with E-state index in [9.17, 15) is 13.2 Å². The van der Waals surface area contributed by atoms with Gasteiger partial charge < -0.3 is 0 Å². The van der Waals surface area contributed by atoms with Crippen molar-refractivity contribution in [3.05, 3.63) is 28.8 Å². The first-order chi connectivity index (χ1) is 5.54. The molecule has 0 bridgehead atoms. The molecule has 1 nitrogen and oxygen atoms in total. The monoisotopic (exact) mass is 175 g/mol. The van der Waals surface area contributed by atoms with E-state index in [1.165, 1.54) is 13.8 Å². The molecule has 1 aromatic heterocycles. The van der Waals surface area contributed by atoms with Crippen molar-refractivity contribution in [1.82, 2.24) is 4.98 Å². The lowest BCUT2D eigenvalue weighted by Gasteiger charge is -2.05. The number of rotatable bonds is 1. The molecule has 0 aliphatic heterocycles. The molecule has 66 valence electrons. The van der Waals surface area contributed by atoms with Gasteiger partial charge in [0.25, 0.3) is 6.43 Å². The number of pyridine rings is 1. The van der Waals surface area contributed by atoms with Gasteiger partial charge in [0.15, 0.2) is 0 Å². The summed E-state index contributed by atoms with van der Waals surface area (Å²) in [6.45, 7) is 2.77. The molecule has 0 saturated carbocycles. The van der Waals surface area contributed by atoms with Crippen molar-refractivity contribution >= 4 is 0 Å². The lowest BCUT2D eigenvalue weighted by molar-refractivity contribution is 0.149. The van der Waals surface area contributed by atoms with E-state index in [0.29, 0.717) is 0 Å². The van der Waals surface area contributed by atoms with Crippen LogP contribution in [-0.4, -0.2) is 4.98 Å². The normalized spacial score (nSPS) is 10.8. The maximum absolute atomic E-state index is 13.0. The quantitative estimate of drug-likeness (QED) is 0.639. The molecule has 0 aliphatic rings. The standard InChI is InChI=1S/C8H8F3N/c1-4-6(8(10)11)3-12-5(2)7(4)9/h3,8H,1-2H3. The van der Waals surface area contributed by atoms with Gasteiger partial charge in [0.05, 0.1) is 5.69 Å². The van der Waals surface area contributed by atoms with Crippen LogP contribution in [0.5, 0.6) is 0 Å².